The summed E-state index contributed by atoms with van der Waals surface area (Å²) >= 11 is 0. The van der Waals surface area contributed by atoms with Gasteiger partial charge in [0.05, 0.1) is 18.4 Å². The molecule has 4 heteroatoms. The van der Waals surface area contributed by atoms with Crippen LogP contribution in [-0.4, -0.2) is 24.1 Å². The topological polar surface area (TPSA) is 52.6 Å². The first-order chi connectivity index (χ1) is 8.33. The molecule has 0 aromatic heterocycles. The van der Waals surface area contributed by atoms with Gasteiger partial charge in [-0.1, -0.05) is 0 Å². The lowest BCUT2D eigenvalue weighted by molar-refractivity contribution is -0.161. The van der Waals surface area contributed by atoms with Gasteiger partial charge in [0.2, 0.25) is 0 Å². The molecule has 0 radical (unpaired) electrons. The second kappa shape index (κ2) is 4.56. The highest BCUT2D eigenvalue weighted by molar-refractivity contribution is 5.79. The minimum absolute atomic E-state index is 0.0232. The number of rotatable bonds is 3. The number of carbonyl (C=O) groups is 2. The highest BCUT2D eigenvalue weighted by Crippen LogP contribution is 2.60. The van der Waals surface area contributed by atoms with Crippen molar-refractivity contribution in [2.75, 3.05) is 6.61 Å². The third-order valence-corrected chi connectivity index (χ3v) is 3.74. The third-order valence-electron chi connectivity index (χ3n) is 3.74. The van der Waals surface area contributed by atoms with Crippen molar-refractivity contribution in [1.29, 1.82) is 0 Å². The summed E-state index contributed by atoms with van der Waals surface area (Å²) in [6.45, 7) is 7.88. The summed E-state index contributed by atoms with van der Waals surface area (Å²) in [5.41, 5.74) is -0.426. The van der Waals surface area contributed by atoms with E-state index in [1.54, 1.807) is 0 Å². The summed E-state index contributed by atoms with van der Waals surface area (Å²) in [4.78, 5) is 23.5. The second-order valence-electron chi connectivity index (χ2n) is 6.31. The minimum atomic E-state index is -0.426. The van der Waals surface area contributed by atoms with Crippen LogP contribution in [-0.2, 0) is 19.1 Å². The zero-order valence-electron chi connectivity index (χ0n) is 11.6. The van der Waals surface area contributed by atoms with E-state index < -0.39 is 5.60 Å². The fourth-order valence-corrected chi connectivity index (χ4v) is 3.01. The third kappa shape index (κ3) is 2.68. The van der Waals surface area contributed by atoms with Crippen molar-refractivity contribution in [3.05, 3.63) is 0 Å². The van der Waals surface area contributed by atoms with Gasteiger partial charge in [0.15, 0.2) is 0 Å². The molecule has 0 N–H and O–H groups in total. The van der Waals surface area contributed by atoms with Crippen LogP contribution in [0.2, 0.25) is 0 Å². The van der Waals surface area contributed by atoms with Crippen molar-refractivity contribution in [3.63, 3.8) is 0 Å². The zero-order valence-corrected chi connectivity index (χ0v) is 11.6. The summed E-state index contributed by atoms with van der Waals surface area (Å²) in [5.74, 6) is 0.518. The molecule has 2 saturated carbocycles. The Balaban J connectivity index is 1.81. The average Bonchev–Trinajstić information content (AvgIpc) is 2.72. The first-order valence-corrected chi connectivity index (χ1v) is 6.73. The maximum absolute atomic E-state index is 11.9. The van der Waals surface area contributed by atoms with Crippen LogP contribution in [0.25, 0.3) is 0 Å². The molecular weight excluding hydrogens is 232 g/mol. The van der Waals surface area contributed by atoms with Crippen LogP contribution in [0.1, 0.15) is 40.5 Å². The summed E-state index contributed by atoms with van der Waals surface area (Å²) in [5, 5.41) is 0. The number of ether oxygens (including phenoxy) is 2. The molecule has 2 rings (SSSR count). The van der Waals surface area contributed by atoms with Gasteiger partial charge in [0, 0.05) is 0 Å². The Morgan fingerprint density at radius 1 is 1.11 bits per heavy atom. The molecule has 2 fully saturated rings. The molecule has 2 aliphatic rings. The van der Waals surface area contributed by atoms with Gasteiger partial charge in [-0.05, 0) is 52.4 Å². The van der Waals surface area contributed by atoms with Crippen LogP contribution in [0.15, 0.2) is 0 Å². The lowest BCUT2D eigenvalue weighted by Gasteiger charge is -2.22. The molecule has 0 aromatic carbocycles. The van der Waals surface area contributed by atoms with Crippen molar-refractivity contribution in [3.8, 4) is 0 Å². The molecule has 4 atom stereocenters. The predicted octanol–water partition coefficient (Wildman–Crippen LogP) is 2.16. The summed E-state index contributed by atoms with van der Waals surface area (Å²) in [6, 6.07) is 0. The maximum Gasteiger partial charge on any atom is 0.309 e. The van der Waals surface area contributed by atoms with E-state index in [4.69, 9.17) is 9.47 Å². The molecule has 0 saturated heterocycles. The molecule has 0 bridgehead atoms. The largest absolute Gasteiger partial charge is 0.466 e. The first kappa shape index (κ1) is 13.4. The standard InChI is InChI=1S/C14H22O4/c1-5-17-13(16)11-9-6-8(7-10(9)11)12(15)18-14(2,3)4/h8-11H,5-7H2,1-4H3/t8?,9-,10+,11?. The van der Waals surface area contributed by atoms with E-state index in [9.17, 15) is 9.59 Å². The Bertz CT molecular complexity index is 343. The Morgan fingerprint density at radius 2 is 1.67 bits per heavy atom. The summed E-state index contributed by atoms with van der Waals surface area (Å²) in [7, 11) is 0. The first-order valence-electron chi connectivity index (χ1n) is 6.73. The fourth-order valence-electron chi connectivity index (χ4n) is 3.01. The van der Waals surface area contributed by atoms with Gasteiger partial charge in [0.1, 0.15) is 5.60 Å². The predicted molar refractivity (Wildman–Crippen MR) is 65.7 cm³/mol. The van der Waals surface area contributed by atoms with Crippen molar-refractivity contribution in [1.82, 2.24) is 0 Å². The van der Waals surface area contributed by atoms with Gasteiger partial charge in [-0.3, -0.25) is 9.59 Å². The minimum Gasteiger partial charge on any atom is -0.466 e. The average molecular weight is 254 g/mol. The van der Waals surface area contributed by atoms with Gasteiger partial charge < -0.3 is 9.47 Å². The summed E-state index contributed by atoms with van der Waals surface area (Å²) in [6.07, 6.45) is 1.56. The van der Waals surface area contributed by atoms with Gasteiger partial charge >= 0.3 is 11.9 Å². The molecule has 0 heterocycles. The van der Waals surface area contributed by atoms with Crippen LogP contribution >= 0.6 is 0 Å². The number of esters is 2. The fraction of sp³-hybridized carbons (Fsp3) is 0.857. The highest BCUT2D eigenvalue weighted by Gasteiger charge is 2.61. The smallest absolute Gasteiger partial charge is 0.309 e. The Hall–Kier alpha value is -1.06. The molecular formula is C14H22O4. The van der Waals surface area contributed by atoms with Crippen LogP contribution in [0.3, 0.4) is 0 Å². The molecule has 2 aliphatic carbocycles. The van der Waals surface area contributed by atoms with Crippen LogP contribution in [0.4, 0.5) is 0 Å². The number of hydrogen-bond acceptors (Lipinski definition) is 4. The number of fused-ring (bicyclic) bond motifs is 1. The maximum atomic E-state index is 11.9. The van der Waals surface area contributed by atoms with Crippen LogP contribution in [0, 0.1) is 23.7 Å². The van der Waals surface area contributed by atoms with Crippen molar-refractivity contribution >= 4 is 11.9 Å². The van der Waals surface area contributed by atoms with E-state index in [-0.39, 0.29) is 23.8 Å². The van der Waals surface area contributed by atoms with Crippen molar-refractivity contribution in [2.24, 2.45) is 23.7 Å². The SMILES string of the molecule is CCOC(=O)C1[C@H]2CC(C(=O)OC(C)(C)C)C[C@@H]12. The second-order valence-corrected chi connectivity index (χ2v) is 6.31. The van der Waals surface area contributed by atoms with E-state index in [2.05, 4.69) is 0 Å². The van der Waals surface area contributed by atoms with E-state index >= 15 is 0 Å². The quantitative estimate of drug-likeness (QED) is 0.724. The molecule has 4 nitrogen and oxygen atoms in total. The van der Waals surface area contributed by atoms with Gasteiger partial charge in [-0.2, -0.15) is 0 Å². The summed E-state index contributed by atoms with van der Waals surface area (Å²) < 4.78 is 10.4. The normalized spacial score (nSPS) is 33.8. The molecule has 18 heavy (non-hydrogen) atoms. The molecule has 2 unspecified atom stereocenters. The molecule has 0 amide bonds. The van der Waals surface area contributed by atoms with Crippen molar-refractivity contribution < 1.29 is 19.1 Å². The Morgan fingerprint density at radius 3 is 2.11 bits per heavy atom. The highest BCUT2D eigenvalue weighted by atomic mass is 16.6. The van der Waals surface area contributed by atoms with Gasteiger partial charge in [-0.15, -0.1) is 0 Å². The lowest BCUT2D eigenvalue weighted by Crippen LogP contribution is -2.29. The molecule has 102 valence electrons. The van der Waals surface area contributed by atoms with E-state index in [1.807, 2.05) is 27.7 Å². The monoisotopic (exact) mass is 254 g/mol. The number of carbonyl (C=O) groups excluding carboxylic acids is 2. The Labute approximate surface area is 108 Å². The number of hydrogen-bond donors (Lipinski definition) is 0. The molecule has 0 spiro atoms. The van der Waals surface area contributed by atoms with Crippen LogP contribution < -0.4 is 0 Å². The van der Waals surface area contributed by atoms with Crippen LogP contribution in [0.5, 0.6) is 0 Å². The van der Waals surface area contributed by atoms with E-state index in [0.717, 1.165) is 12.8 Å². The Kier molecular flexibility index (Phi) is 3.39. The van der Waals surface area contributed by atoms with E-state index in [1.165, 1.54) is 0 Å². The molecule has 0 aliphatic heterocycles. The van der Waals surface area contributed by atoms with E-state index in [0.29, 0.717) is 18.4 Å². The van der Waals surface area contributed by atoms with Gasteiger partial charge in [-0.25, -0.2) is 0 Å². The molecule has 0 aromatic rings. The lowest BCUT2D eigenvalue weighted by atomic mass is 10.00. The van der Waals surface area contributed by atoms with Crippen molar-refractivity contribution in [2.45, 2.75) is 46.1 Å². The van der Waals surface area contributed by atoms with Gasteiger partial charge in [0.25, 0.3) is 0 Å². The zero-order chi connectivity index (χ0) is 13.5.